The molecule has 1 N–H and O–H groups in total. The van der Waals surface area contributed by atoms with Gasteiger partial charge in [0.2, 0.25) is 5.91 Å². The van der Waals surface area contributed by atoms with Gasteiger partial charge in [-0.3, -0.25) is 10.2 Å². The maximum absolute atomic E-state index is 12.7. The zero-order valence-corrected chi connectivity index (χ0v) is 18.6. The Bertz CT molecular complexity index is 846. The van der Waals surface area contributed by atoms with Crippen LogP contribution >= 0.6 is 11.3 Å². The predicted molar refractivity (Wildman–Crippen MR) is 108 cm³/mol. The van der Waals surface area contributed by atoms with Crippen LogP contribution < -0.4 is 5.43 Å². The molecule has 28 heavy (non-hydrogen) atoms. The van der Waals surface area contributed by atoms with Crippen LogP contribution in [0, 0.1) is 18.3 Å². The molecule has 1 fully saturated rings. The van der Waals surface area contributed by atoms with Crippen molar-refractivity contribution in [3.05, 3.63) is 5.69 Å². The van der Waals surface area contributed by atoms with E-state index in [0.29, 0.717) is 23.8 Å². The third kappa shape index (κ3) is 4.81. The van der Waals surface area contributed by atoms with Crippen LogP contribution in [0.15, 0.2) is 4.21 Å². The Morgan fingerprint density at radius 1 is 1.50 bits per heavy atom. The summed E-state index contributed by atoms with van der Waals surface area (Å²) in [4.78, 5) is 18.7. The lowest BCUT2D eigenvalue weighted by molar-refractivity contribution is -0.132. The number of nitriles is 1. The van der Waals surface area contributed by atoms with Crippen LogP contribution in [-0.2, 0) is 14.8 Å². The zero-order chi connectivity index (χ0) is 21.1. The van der Waals surface area contributed by atoms with E-state index in [-0.39, 0.29) is 28.7 Å². The average Bonchev–Trinajstić information content (AvgIpc) is 3.26. The van der Waals surface area contributed by atoms with Gasteiger partial charge in [0.25, 0.3) is 10.0 Å². The Morgan fingerprint density at radius 3 is 2.75 bits per heavy atom. The van der Waals surface area contributed by atoms with E-state index in [1.165, 1.54) is 14.1 Å². The van der Waals surface area contributed by atoms with Crippen molar-refractivity contribution < 1.29 is 13.2 Å². The van der Waals surface area contributed by atoms with E-state index in [1.807, 2.05) is 13.8 Å². The lowest BCUT2D eigenvalue weighted by atomic mass is 10.2. The fourth-order valence-electron chi connectivity index (χ4n) is 2.92. The Labute approximate surface area is 171 Å². The number of carbonyl (C=O) groups is 1. The molecule has 1 aromatic heterocycles. The summed E-state index contributed by atoms with van der Waals surface area (Å²) in [6.07, 6.45) is 2.32. The number of rotatable bonds is 8. The Balaban J connectivity index is 2.20. The molecule has 0 radical (unpaired) electrons. The molecule has 0 aliphatic carbocycles. The number of sulfonamides is 1. The minimum atomic E-state index is -3.58. The number of hydrogen-bond acceptors (Lipinski definition) is 8. The summed E-state index contributed by atoms with van der Waals surface area (Å²) in [5.41, 5.74) is 3.53. The lowest BCUT2D eigenvalue weighted by Crippen LogP contribution is -2.47. The maximum Gasteiger partial charge on any atom is 0.254 e. The van der Waals surface area contributed by atoms with E-state index in [1.54, 1.807) is 16.8 Å². The number of nitrogens with zero attached hydrogens (tertiary/aromatic N) is 5. The molecule has 0 spiro atoms. The minimum absolute atomic E-state index is 0.0187. The number of hydrogen-bond donors (Lipinski definition) is 1. The second kappa shape index (κ2) is 9.17. The van der Waals surface area contributed by atoms with E-state index in [4.69, 9.17) is 0 Å². The Hall–Kier alpha value is -1.74. The standard InChI is InChI=1S/C17H28N6O3S2/c1-6-12(2)23(11-15(24)22-9-7-8-14(22)10-18)20-17-19-13(3)16(27-17)28(25,26)21(4)5/h12,14H,6-9,11H2,1-5H3,(H,19,20)/t12-,14?/m0/s1. The molecule has 1 aromatic rings. The number of hydrazine groups is 1. The van der Waals surface area contributed by atoms with Gasteiger partial charge in [0, 0.05) is 26.7 Å². The number of amides is 1. The summed E-state index contributed by atoms with van der Waals surface area (Å²) >= 11 is 1.04. The van der Waals surface area contributed by atoms with E-state index in [9.17, 15) is 18.5 Å². The third-order valence-electron chi connectivity index (χ3n) is 4.86. The van der Waals surface area contributed by atoms with Gasteiger partial charge in [0.15, 0.2) is 9.34 Å². The highest BCUT2D eigenvalue weighted by atomic mass is 32.2. The van der Waals surface area contributed by atoms with Crippen LogP contribution in [0.5, 0.6) is 0 Å². The van der Waals surface area contributed by atoms with Gasteiger partial charge >= 0.3 is 0 Å². The van der Waals surface area contributed by atoms with Crippen molar-refractivity contribution in [3.8, 4) is 6.07 Å². The summed E-state index contributed by atoms with van der Waals surface area (Å²) in [5, 5.41) is 11.4. The van der Waals surface area contributed by atoms with Gasteiger partial charge in [-0.15, -0.1) is 0 Å². The molecule has 0 bridgehead atoms. The van der Waals surface area contributed by atoms with Crippen LogP contribution in [0.2, 0.25) is 0 Å². The molecule has 2 heterocycles. The van der Waals surface area contributed by atoms with Crippen molar-refractivity contribution in [3.63, 3.8) is 0 Å². The Kier molecular flexibility index (Phi) is 7.39. The molecule has 2 rings (SSSR count). The van der Waals surface area contributed by atoms with Crippen LogP contribution in [0.25, 0.3) is 0 Å². The molecule has 2 atom stereocenters. The zero-order valence-electron chi connectivity index (χ0n) is 17.0. The Morgan fingerprint density at radius 2 is 2.18 bits per heavy atom. The van der Waals surface area contributed by atoms with Crippen LogP contribution in [-0.4, -0.2) is 72.8 Å². The highest BCUT2D eigenvalue weighted by Crippen LogP contribution is 2.29. The SMILES string of the molecule is CC[C@H](C)N(CC(=O)N1CCCC1C#N)Nc1nc(C)c(S(=O)(=O)N(C)C)s1. The predicted octanol–water partition coefficient (Wildman–Crippen LogP) is 1.64. The van der Waals surface area contributed by atoms with Crippen LogP contribution in [0.4, 0.5) is 5.13 Å². The van der Waals surface area contributed by atoms with E-state index >= 15 is 0 Å². The second-order valence-corrected chi connectivity index (χ2v) is 10.4. The van der Waals surface area contributed by atoms with Crippen molar-refractivity contribution >= 4 is 32.4 Å². The maximum atomic E-state index is 12.7. The molecule has 156 valence electrons. The monoisotopic (exact) mass is 428 g/mol. The molecule has 1 amide bonds. The summed E-state index contributed by atoms with van der Waals surface area (Å²) in [5.74, 6) is -0.119. The summed E-state index contributed by atoms with van der Waals surface area (Å²) in [6.45, 7) is 6.31. The van der Waals surface area contributed by atoms with Crippen LogP contribution in [0.1, 0.15) is 38.8 Å². The number of carbonyl (C=O) groups excluding carboxylic acids is 1. The van der Waals surface area contributed by atoms with Crippen molar-refractivity contribution in [1.82, 2.24) is 19.2 Å². The van der Waals surface area contributed by atoms with Gasteiger partial charge < -0.3 is 4.90 Å². The van der Waals surface area contributed by atoms with Gasteiger partial charge in [-0.2, -0.15) is 5.26 Å². The summed E-state index contributed by atoms with van der Waals surface area (Å²) in [7, 11) is -0.616. The van der Waals surface area contributed by atoms with Crippen LogP contribution in [0.3, 0.4) is 0 Å². The number of nitrogens with one attached hydrogen (secondary N) is 1. The van der Waals surface area contributed by atoms with E-state index < -0.39 is 10.0 Å². The number of anilines is 1. The fraction of sp³-hybridized carbons (Fsp3) is 0.706. The lowest BCUT2D eigenvalue weighted by Gasteiger charge is -2.30. The molecular weight excluding hydrogens is 400 g/mol. The molecule has 1 aliphatic rings. The molecule has 1 unspecified atom stereocenters. The number of thiazole rings is 1. The van der Waals surface area contributed by atoms with E-state index in [0.717, 1.165) is 28.5 Å². The molecule has 11 heteroatoms. The number of aryl methyl sites for hydroxylation is 1. The number of likely N-dealkylation sites (tertiary alicyclic amines) is 1. The van der Waals surface area contributed by atoms with Gasteiger partial charge in [0.1, 0.15) is 6.04 Å². The van der Waals surface area contributed by atoms with E-state index in [2.05, 4.69) is 16.5 Å². The highest BCUT2D eigenvalue weighted by Gasteiger charge is 2.31. The first kappa shape index (κ1) is 22.5. The van der Waals surface area contributed by atoms with Gasteiger partial charge in [0.05, 0.1) is 18.3 Å². The van der Waals surface area contributed by atoms with Crippen molar-refractivity contribution in [2.45, 2.75) is 56.3 Å². The second-order valence-electron chi connectivity index (χ2n) is 7.05. The average molecular weight is 429 g/mol. The number of aromatic nitrogens is 1. The molecule has 1 saturated heterocycles. The smallest absolute Gasteiger partial charge is 0.254 e. The first-order valence-corrected chi connectivity index (χ1v) is 11.5. The quantitative estimate of drug-likeness (QED) is 0.627. The van der Waals surface area contributed by atoms with Crippen molar-refractivity contribution in [2.24, 2.45) is 0 Å². The minimum Gasteiger partial charge on any atom is -0.325 e. The van der Waals surface area contributed by atoms with Gasteiger partial charge in [-0.25, -0.2) is 22.7 Å². The fourth-order valence-corrected chi connectivity index (χ4v) is 5.49. The third-order valence-corrected chi connectivity index (χ3v) is 8.32. The normalized spacial score (nSPS) is 18.5. The largest absolute Gasteiger partial charge is 0.325 e. The summed E-state index contributed by atoms with van der Waals surface area (Å²) < 4.78 is 26.2. The molecule has 0 saturated carbocycles. The first-order chi connectivity index (χ1) is 13.1. The first-order valence-electron chi connectivity index (χ1n) is 9.24. The van der Waals surface area contributed by atoms with Gasteiger partial charge in [-0.05, 0) is 33.1 Å². The highest BCUT2D eigenvalue weighted by molar-refractivity contribution is 7.91. The van der Waals surface area contributed by atoms with Gasteiger partial charge in [-0.1, -0.05) is 18.3 Å². The molecule has 9 nitrogen and oxygen atoms in total. The van der Waals surface area contributed by atoms with Crippen molar-refractivity contribution in [1.29, 1.82) is 5.26 Å². The topological polar surface area (TPSA) is 110 Å². The summed E-state index contributed by atoms with van der Waals surface area (Å²) in [6, 6.07) is 1.83. The molecular formula is C17H28N6O3S2. The molecule has 1 aliphatic heterocycles. The molecule has 0 aromatic carbocycles. The van der Waals surface area contributed by atoms with Crippen molar-refractivity contribution in [2.75, 3.05) is 32.6 Å².